The van der Waals surface area contributed by atoms with Crippen LogP contribution in [0.2, 0.25) is 5.02 Å². The SMILES string of the molecule is CC(C)[C@H](C(=O)Cc1ccccc1)c1ccc(Cl)cc1. The second-order valence-corrected chi connectivity index (χ2v) is 5.84. The molecule has 0 aliphatic carbocycles. The lowest BCUT2D eigenvalue weighted by Crippen LogP contribution is -2.20. The minimum atomic E-state index is -0.0764. The average Bonchev–Trinajstić information content (AvgIpc) is 2.42. The molecule has 1 atom stereocenters. The van der Waals surface area contributed by atoms with Crippen molar-refractivity contribution in [3.05, 3.63) is 70.7 Å². The Morgan fingerprint density at radius 1 is 1.00 bits per heavy atom. The minimum Gasteiger partial charge on any atom is -0.299 e. The van der Waals surface area contributed by atoms with Crippen molar-refractivity contribution in [3.63, 3.8) is 0 Å². The summed E-state index contributed by atoms with van der Waals surface area (Å²) in [6.07, 6.45) is 0.478. The van der Waals surface area contributed by atoms with Gasteiger partial charge >= 0.3 is 0 Å². The van der Waals surface area contributed by atoms with Gasteiger partial charge in [0.25, 0.3) is 0 Å². The third kappa shape index (κ3) is 3.71. The van der Waals surface area contributed by atoms with Crippen molar-refractivity contribution < 1.29 is 4.79 Å². The summed E-state index contributed by atoms with van der Waals surface area (Å²) in [6, 6.07) is 17.5. The number of hydrogen-bond acceptors (Lipinski definition) is 1. The van der Waals surface area contributed by atoms with Crippen LogP contribution in [0.4, 0.5) is 0 Å². The van der Waals surface area contributed by atoms with Crippen LogP contribution in [0.1, 0.15) is 30.9 Å². The predicted octanol–water partition coefficient (Wildman–Crippen LogP) is 4.89. The van der Waals surface area contributed by atoms with E-state index in [2.05, 4.69) is 13.8 Å². The van der Waals surface area contributed by atoms with Gasteiger partial charge in [-0.2, -0.15) is 0 Å². The molecule has 0 saturated carbocycles. The lowest BCUT2D eigenvalue weighted by Gasteiger charge is -2.20. The van der Waals surface area contributed by atoms with Crippen molar-refractivity contribution in [2.75, 3.05) is 0 Å². The van der Waals surface area contributed by atoms with E-state index in [0.717, 1.165) is 11.1 Å². The molecule has 20 heavy (non-hydrogen) atoms. The maximum atomic E-state index is 12.6. The molecule has 2 aromatic rings. The molecule has 0 N–H and O–H groups in total. The van der Waals surface area contributed by atoms with E-state index in [1.54, 1.807) is 0 Å². The fourth-order valence-electron chi connectivity index (χ4n) is 2.52. The molecular formula is C18H19ClO. The molecule has 0 amide bonds. The Balaban J connectivity index is 2.20. The fourth-order valence-corrected chi connectivity index (χ4v) is 2.65. The largest absolute Gasteiger partial charge is 0.299 e. The van der Waals surface area contributed by atoms with E-state index < -0.39 is 0 Å². The Bertz CT molecular complexity index is 558. The van der Waals surface area contributed by atoms with Crippen molar-refractivity contribution in [3.8, 4) is 0 Å². The van der Waals surface area contributed by atoms with E-state index in [9.17, 15) is 4.79 Å². The maximum Gasteiger partial charge on any atom is 0.144 e. The maximum absolute atomic E-state index is 12.6. The van der Waals surface area contributed by atoms with E-state index in [-0.39, 0.29) is 17.6 Å². The van der Waals surface area contributed by atoms with Crippen molar-refractivity contribution in [2.24, 2.45) is 5.92 Å². The van der Waals surface area contributed by atoms with Crippen LogP contribution >= 0.6 is 11.6 Å². The Hall–Kier alpha value is -1.60. The van der Waals surface area contributed by atoms with Gasteiger partial charge in [-0.05, 0) is 29.2 Å². The number of carbonyl (C=O) groups excluding carboxylic acids is 1. The number of hydrogen-bond donors (Lipinski definition) is 0. The smallest absolute Gasteiger partial charge is 0.144 e. The van der Waals surface area contributed by atoms with Gasteiger partial charge in [0.2, 0.25) is 0 Å². The fraction of sp³-hybridized carbons (Fsp3) is 0.278. The quantitative estimate of drug-likeness (QED) is 0.765. The van der Waals surface area contributed by atoms with Gasteiger partial charge in [0.1, 0.15) is 5.78 Å². The number of rotatable bonds is 5. The third-order valence-corrected chi connectivity index (χ3v) is 3.72. The van der Waals surface area contributed by atoms with Crippen LogP contribution in [0, 0.1) is 5.92 Å². The van der Waals surface area contributed by atoms with Gasteiger partial charge in [-0.25, -0.2) is 0 Å². The Morgan fingerprint density at radius 3 is 2.15 bits per heavy atom. The lowest BCUT2D eigenvalue weighted by molar-refractivity contribution is -0.120. The van der Waals surface area contributed by atoms with E-state index in [1.807, 2.05) is 54.6 Å². The Kier molecular flexibility index (Phi) is 4.97. The van der Waals surface area contributed by atoms with Crippen LogP contribution in [0.15, 0.2) is 54.6 Å². The molecule has 2 heteroatoms. The van der Waals surface area contributed by atoms with Gasteiger partial charge in [0.15, 0.2) is 0 Å². The van der Waals surface area contributed by atoms with Crippen molar-refractivity contribution in [2.45, 2.75) is 26.2 Å². The van der Waals surface area contributed by atoms with Crippen molar-refractivity contribution in [1.82, 2.24) is 0 Å². The summed E-state index contributed by atoms with van der Waals surface area (Å²) in [6.45, 7) is 4.17. The first-order chi connectivity index (χ1) is 9.58. The van der Waals surface area contributed by atoms with Crippen LogP contribution in [0.25, 0.3) is 0 Å². The van der Waals surface area contributed by atoms with Gasteiger partial charge in [0, 0.05) is 17.4 Å². The standard InChI is InChI=1S/C18H19ClO/c1-13(2)18(15-8-10-16(19)11-9-15)17(20)12-14-6-4-3-5-7-14/h3-11,13,18H,12H2,1-2H3/t18-/m0/s1. The minimum absolute atomic E-state index is 0.0764. The highest BCUT2D eigenvalue weighted by atomic mass is 35.5. The highest BCUT2D eigenvalue weighted by molar-refractivity contribution is 6.30. The molecular weight excluding hydrogens is 268 g/mol. The summed E-state index contributed by atoms with van der Waals surface area (Å²) in [7, 11) is 0. The summed E-state index contributed by atoms with van der Waals surface area (Å²) >= 11 is 5.92. The van der Waals surface area contributed by atoms with Gasteiger partial charge in [-0.3, -0.25) is 4.79 Å². The first-order valence-electron chi connectivity index (χ1n) is 6.90. The predicted molar refractivity (Wildman–Crippen MR) is 84.2 cm³/mol. The van der Waals surface area contributed by atoms with Crippen LogP contribution in [-0.2, 0) is 11.2 Å². The summed E-state index contributed by atoms with van der Waals surface area (Å²) in [4.78, 5) is 12.6. The second kappa shape index (κ2) is 6.71. The molecule has 0 bridgehead atoms. The molecule has 0 unspecified atom stereocenters. The molecule has 1 nitrogen and oxygen atoms in total. The van der Waals surface area contributed by atoms with E-state index >= 15 is 0 Å². The molecule has 0 saturated heterocycles. The first kappa shape index (κ1) is 14.8. The van der Waals surface area contributed by atoms with Crippen molar-refractivity contribution >= 4 is 17.4 Å². The molecule has 0 aliphatic rings. The second-order valence-electron chi connectivity index (χ2n) is 5.40. The molecule has 2 rings (SSSR count). The zero-order valence-electron chi connectivity index (χ0n) is 11.8. The summed E-state index contributed by atoms with van der Waals surface area (Å²) in [5.41, 5.74) is 2.11. The molecule has 0 fully saturated rings. The zero-order valence-corrected chi connectivity index (χ0v) is 12.6. The van der Waals surface area contributed by atoms with Gasteiger partial charge in [-0.15, -0.1) is 0 Å². The van der Waals surface area contributed by atoms with E-state index in [1.165, 1.54) is 0 Å². The molecule has 0 aromatic heterocycles. The number of benzene rings is 2. The van der Waals surface area contributed by atoms with E-state index in [4.69, 9.17) is 11.6 Å². The molecule has 0 heterocycles. The highest BCUT2D eigenvalue weighted by Crippen LogP contribution is 2.27. The van der Waals surface area contributed by atoms with Crippen LogP contribution in [0.3, 0.4) is 0 Å². The number of carbonyl (C=O) groups is 1. The summed E-state index contributed by atoms with van der Waals surface area (Å²) in [5, 5.41) is 0.701. The zero-order chi connectivity index (χ0) is 14.5. The Morgan fingerprint density at radius 2 is 1.60 bits per heavy atom. The molecule has 0 radical (unpaired) electrons. The number of ketones is 1. The topological polar surface area (TPSA) is 17.1 Å². The summed E-state index contributed by atoms with van der Waals surface area (Å²) < 4.78 is 0. The van der Waals surface area contributed by atoms with Gasteiger partial charge < -0.3 is 0 Å². The van der Waals surface area contributed by atoms with Crippen LogP contribution in [0.5, 0.6) is 0 Å². The Labute approximate surface area is 125 Å². The highest BCUT2D eigenvalue weighted by Gasteiger charge is 2.23. The normalized spacial score (nSPS) is 12.4. The van der Waals surface area contributed by atoms with Gasteiger partial charge in [-0.1, -0.05) is 67.9 Å². The van der Waals surface area contributed by atoms with Crippen LogP contribution in [-0.4, -0.2) is 5.78 Å². The third-order valence-electron chi connectivity index (χ3n) is 3.46. The van der Waals surface area contributed by atoms with Gasteiger partial charge in [0.05, 0.1) is 0 Å². The molecule has 104 valence electrons. The lowest BCUT2D eigenvalue weighted by atomic mass is 9.83. The molecule has 0 aliphatic heterocycles. The van der Waals surface area contributed by atoms with E-state index in [0.29, 0.717) is 11.4 Å². The van der Waals surface area contributed by atoms with Crippen LogP contribution < -0.4 is 0 Å². The molecule has 2 aromatic carbocycles. The molecule has 0 spiro atoms. The monoisotopic (exact) mass is 286 g/mol. The number of halogens is 1. The number of Topliss-reactive ketones (excluding diaryl/α,β-unsaturated/α-hetero) is 1. The summed E-state index contributed by atoms with van der Waals surface area (Å²) in [5.74, 6) is 0.452. The average molecular weight is 287 g/mol. The van der Waals surface area contributed by atoms with Crippen molar-refractivity contribution in [1.29, 1.82) is 0 Å². The first-order valence-corrected chi connectivity index (χ1v) is 7.28.